The van der Waals surface area contributed by atoms with Crippen LogP contribution in [0.15, 0.2) is 0 Å². The zero-order valence-corrected chi connectivity index (χ0v) is 12.6. The van der Waals surface area contributed by atoms with Crippen LogP contribution in [-0.2, 0) is 0 Å². The summed E-state index contributed by atoms with van der Waals surface area (Å²) in [6.45, 7) is 14.2. The Morgan fingerprint density at radius 2 is 1.31 bits per heavy atom. The Kier molecular flexibility index (Phi) is 9.07. The average Bonchev–Trinajstić information content (AvgIpc) is 2.19. The molecular weight excluding hydrogens is 192 g/mol. The molecule has 0 nitrogen and oxygen atoms in total. The first kappa shape index (κ1) is 16.0. The maximum atomic E-state index is 2.47. The molecule has 0 aliphatic carbocycles. The van der Waals surface area contributed by atoms with Gasteiger partial charge in [0.15, 0.2) is 0 Å². The number of unbranched alkanes of at least 4 members (excludes halogenated alkanes) is 1. The van der Waals surface area contributed by atoms with Gasteiger partial charge in [-0.15, -0.1) is 0 Å². The molecule has 0 aliphatic rings. The van der Waals surface area contributed by atoms with Crippen molar-refractivity contribution in [2.24, 2.45) is 23.7 Å². The van der Waals surface area contributed by atoms with E-state index in [2.05, 4.69) is 41.5 Å². The first-order chi connectivity index (χ1) is 7.49. The topological polar surface area (TPSA) is 0 Å². The quantitative estimate of drug-likeness (QED) is 0.429. The molecule has 0 N–H and O–H groups in total. The summed E-state index contributed by atoms with van der Waals surface area (Å²) in [7, 11) is 0. The van der Waals surface area contributed by atoms with Crippen molar-refractivity contribution >= 4 is 0 Å². The Morgan fingerprint density at radius 1 is 0.750 bits per heavy atom. The monoisotopic (exact) mass is 226 g/mol. The molecule has 1 unspecified atom stereocenters. The second-order valence-corrected chi connectivity index (χ2v) is 6.35. The molecule has 0 saturated carbocycles. The Morgan fingerprint density at radius 3 is 1.75 bits per heavy atom. The third-order valence-corrected chi connectivity index (χ3v) is 3.90. The molecule has 0 spiro atoms. The lowest BCUT2D eigenvalue weighted by molar-refractivity contribution is 0.234. The molecule has 0 aromatic carbocycles. The Balaban J connectivity index is 3.78. The lowest BCUT2D eigenvalue weighted by Crippen LogP contribution is -2.17. The van der Waals surface area contributed by atoms with Gasteiger partial charge in [0.25, 0.3) is 0 Å². The maximum Gasteiger partial charge on any atom is -0.0365 e. The van der Waals surface area contributed by atoms with E-state index in [0.29, 0.717) is 0 Å². The third kappa shape index (κ3) is 7.30. The lowest BCUT2D eigenvalue weighted by atomic mass is 9.79. The minimum Gasteiger partial charge on any atom is -0.0654 e. The normalized spacial score (nSPS) is 15.8. The Hall–Kier alpha value is 0. The molecule has 0 heterocycles. The van der Waals surface area contributed by atoms with Crippen LogP contribution in [0.5, 0.6) is 0 Å². The summed E-state index contributed by atoms with van der Waals surface area (Å²) in [6.07, 6.45) is 8.48. The summed E-state index contributed by atoms with van der Waals surface area (Å²) in [6, 6.07) is 0. The van der Waals surface area contributed by atoms with Crippen molar-refractivity contribution in [2.45, 2.75) is 80.1 Å². The molecule has 0 bridgehead atoms. The standard InChI is InChI=1S/C16H34/c1-7-10-16(14(4)5)15(6)12-9-8-11-13(2)3/h13-16H,7-12H2,1-6H3/t15-,16?/m1/s1. The third-order valence-electron chi connectivity index (χ3n) is 3.90. The highest BCUT2D eigenvalue weighted by Gasteiger charge is 2.19. The summed E-state index contributed by atoms with van der Waals surface area (Å²) in [5.74, 6) is 3.61. The highest BCUT2D eigenvalue weighted by molar-refractivity contribution is 4.69. The second kappa shape index (κ2) is 9.07. The van der Waals surface area contributed by atoms with Gasteiger partial charge in [-0.05, 0) is 23.7 Å². The predicted molar refractivity (Wildman–Crippen MR) is 75.7 cm³/mol. The van der Waals surface area contributed by atoms with Crippen LogP contribution in [0.4, 0.5) is 0 Å². The molecule has 2 atom stereocenters. The lowest BCUT2D eigenvalue weighted by Gasteiger charge is -2.27. The van der Waals surface area contributed by atoms with Crippen LogP contribution in [0.1, 0.15) is 80.1 Å². The molecule has 16 heavy (non-hydrogen) atoms. The smallest absolute Gasteiger partial charge is 0.0365 e. The van der Waals surface area contributed by atoms with E-state index < -0.39 is 0 Å². The van der Waals surface area contributed by atoms with Gasteiger partial charge in [0.1, 0.15) is 0 Å². The fourth-order valence-corrected chi connectivity index (χ4v) is 2.84. The molecular formula is C16H34. The number of hydrogen-bond donors (Lipinski definition) is 0. The minimum atomic E-state index is 0.861. The van der Waals surface area contributed by atoms with Gasteiger partial charge >= 0.3 is 0 Å². The van der Waals surface area contributed by atoms with Crippen LogP contribution < -0.4 is 0 Å². The molecule has 0 aromatic rings. The van der Waals surface area contributed by atoms with Crippen molar-refractivity contribution in [3.63, 3.8) is 0 Å². The fraction of sp³-hybridized carbons (Fsp3) is 1.00. The molecule has 0 rings (SSSR count). The van der Waals surface area contributed by atoms with E-state index in [9.17, 15) is 0 Å². The van der Waals surface area contributed by atoms with Crippen LogP contribution in [0.2, 0.25) is 0 Å². The zero-order valence-electron chi connectivity index (χ0n) is 12.6. The molecule has 0 saturated heterocycles. The van der Waals surface area contributed by atoms with Gasteiger partial charge in [0, 0.05) is 0 Å². The zero-order chi connectivity index (χ0) is 12.6. The molecule has 98 valence electrons. The Labute approximate surface area is 104 Å². The van der Waals surface area contributed by atoms with Gasteiger partial charge < -0.3 is 0 Å². The first-order valence-corrected chi connectivity index (χ1v) is 7.49. The van der Waals surface area contributed by atoms with E-state index in [4.69, 9.17) is 0 Å². The van der Waals surface area contributed by atoms with Gasteiger partial charge in [-0.1, -0.05) is 80.1 Å². The van der Waals surface area contributed by atoms with Gasteiger partial charge in [-0.2, -0.15) is 0 Å². The molecule has 0 fully saturated rings. The second-order valence-electron chi connectivity index (χ2n) is 6.35. The van der Waals surface area contributed by atoms with E-state index >= 15 is 0 Å². The summed E-state index contributed by atoms with van der Waals surface area (Å²) in [4.78, 5) is 0. The van der Waals surface area contributed by atoms with E-state index in [0.717, 1.165) is 23.7 Å². The largest absolute Gasteiger partial charge is 0.0654 e. The summed E-state index contributed by atoms with van der Waals surface area (Å²) in [5.41, 5.74) is 0. The Bertz CT molecular complexity index is 146. The average molecular weight is 226 g/mol. The minimum absolute atomic E-state index is 0.861. The van der Waals surface area contributed by atoms with E-state index in [-0.39, 0.29) is 0 Å². The van der Waals surface area contributed by atoms with Crippen LogP contribution in [0.25, 0.3) is 0 Å². The van der Waals surface area contributed by atoms with Crippen molar-refractivity contribution in [3.8, 4) is 0 Å². The van der Waals surface area contributed by atoms with Crippen molar-refractivity contribution in [2.75, 3.05) is 0 Å². The van der Waals surface area contributed by atoms with E-state index in [1.807, 2.05) is 0 Å². The molecule has 0 aliphatic heterocycles. The summed E-state index contributed by atoms with van der Waals surface area (Å²) >= 11 is 0. The van der Waals surface area contributed by atoms with Crippen molar-refractivity contribution in [3.05, 3.63) is 0 Å². The van der Waals surface area contributed by atoms with Crippen molar-refractivity contribution < 1.29 is 0 Å². The van der Waals surface area contributed by atoms with Gasteiger partial charge in [0.2, 0.25) is 0 Å². The summed E-state index contributed by atoms with van der Waals surface area (Å²) in [5, 5.41) is 0. The van der Waals surface area contributed by atoms with Crippen LogP contribution >= 0.6 is 0 Å². The van der Waals surface area contributed by atoms with Gasteiger partial charge in [0.05, 0.1) is 0 Å². The van der Waals surface area contributed by atoms with Gasteiger partial charge in [-0.3, -0.25) is 0 Å². The van der Waals surface area contributed by atoms with E-state index in [1.54, 1.807) is 0 Å². The molecule has 0 aromatic heterocycles. The van der Waals surface area contributed by atoms with Gasteiger partial charge in [-0.25, -0.2) is 0 Å². The van der Waals surface area contributed by atoms with Crippen LogP contribution in [0, 0.1) is 23.7 Å². The van der Waals surface area contributed by atoms with E-state index in [1.165, 1.54) is 38.5 Å². The summed E-state index contributed by atoms with van der Waals surface area (Å²) < 4.78 is 0. The molecule has 0 radical (unpaired) electrons. The SMILES string of the molecule is CCCC(C(C)C)[C@H](C)CCCCC(C)C. The van der Waals surface area contributed by atoms with Crippen molar-refractivity contribution in [1.82, 2.24) is 0 Å². The van der Waals surface area contributed by atoms with Crippen LogP contribution in [-0.4, -0.2) is 0 Å². The predicted octanol–water partition coefficient (Wildman–Crippen LogP) is 5.91. The number of hydrogen-bond acceptors (Lipinski definition) is 0. The maximum absolute atomic E-state index is 2.47. The first-order valence-electron chi connectivity index (χ1n) is 7.49. The van der Waals surface area contributed by atoms with Crippen LogP contribution in [0.3, 0.4) is 0 Å². The highest BCUT2D eigenvalue weighted by atomic mass is 14.2. The highest BCUT2D eigenvalue weighted by Crippen LogP contribution is 2.29. The fourth-order valence-electron chi connectivity index (χ4n) is 2.84. The van der Waals surface area contributed by atoms with Crippen molar-refractivity contribution in [1.29, 1.82) is 0 Å². The number of rotatable bonds is 9. The molecule has 0 amide bonds. The molecule has 0 heteroatoms.